The summed E-state index contributed by atoms with van der Waals surface area (Å²) < 4.78 is 12.9. The zero-order chi connectivity index (χ0) is 17.4. The number of halogens is 2. The Morgan fingerprint density at radius 2 is 1.88 bits per heavy atom. The van der Waals surface area contributed by atoms with Gasteiger partial charge in [-0.15, -0.1) is 12.4 Å². The lowest BCUT2D eigenvalue weighted by Crippen LogP contribution is -2.55. The molecule has 0 aromatic heterocycles. The molecule has 1 aliphatic rings. The van der Waals surface area contributed by atoms with Gasteiger partial charge in [0, 0.05) is 32.7 Å². The molecule has 1 aromatic rings. The number of hydrogen-bond acceptors (Lipinski definition) is 3. The van der Waals surface area contributed by atoms with Gasteiger partial charge in [0.1, 0.15) is 11.9 Å². The van der Waals surface area contributed by atoms with Crippen molar-refractivity contribution < 1.29 is 14.0 Å². The van der Waals surface area contributed by atoms with E-state index in [0.29, 0.717) is 19.5 Å². The number of piperazine rings is 1. The Hall–Kier alpha value is -1.86. The van der Waals surface area contributed by atoms with Crippen LogP contribution in [-0.4, -0.2) is 49.1 Å². The van der Waals surface area contributed by atoms with Crippen LogP contribution in [0.25, 0.3) is 0 Å². The van der Waals surface area contributed by atoms with E-state index in [2.05, 4.69) is 16.0 Å². The third-order valence-corrected chi connectivity index (χ3v) is 3.98. The molecule has 1 heterocycles. The summed E-state index contributed by atoms with van der Waals surface area (Å²) in [7, 11) is 0. The van der Waals surface area contributed by atoms with Crippen molar-refractivity contribution in [3.05, 3.63) is 35.6 Å². The highest BCUT2D eigenvalue weighted by Crippen LogP contribution is 2.05. The maximum Gasteiger partial charge on any atom is 0.315 e. The normalized spacial score (nSPS) is 15.0. The molecule has 8 heteroatoms. The quantitative estimate of drug-likeness (QED) is 0.711. The molecule has 6 nitrogen and oxygen atoms in total. The van der Waals surface area contributed by atoms with Crippen molar-refractivity contribution >= 4 is 24.3 Å². The highest BCUT2D eigenvalue weighted by atomic mass is 35.5. The topological polar surface area (TPSA) is 73.5 Å². The van der Waals surface area contributed by atoms with Gasteiger partial charge in [-0.25, -0.2) is 9.18 Å². The van der Waals surface area contributed by atoms with Crippen molar-refractivity contribution in [2.24, 2.45) is 0 Å². The first-order chi connectivity index (χ1) is 11.6. The van der Waals surface area contributed by atoms with Crippen LogP contribution in [0.2, 0.25) is 0 Å². The van der Waals surface area contributed by atoms with E-state index in [4.69, 9.17) is 0 Å². The van der Waals surface area contributed by atoms with Crippen LogP contribution in [0.15, 0.2) is 24.3 Å². The van der Waals surface area contributed by atoms with Crippen molar-refractivity contribution in [1.82, 2.24) is 20.9 Å². The van der Waals surface area contributed by atoms with Gasteiger partial charge in [0.05, 0.1) is 0 Å². The monoisotopic (exact) mass is 372 g/mol. The van der Waals surface area contributed by atoms with Crippen molar-refractivity contribution in [3.8, 4) is 0 Å². The number of benzene rings is 1. The van der Waals surface area contributed by atoms with Crippen LogP contribution in [0.5, 0.6) is 0 Å². The van der Waals surface area contributed by atoms with Gasteiger partial charge >= 0.3 is 6.03 Å². The van der Waals surface area contributed by atoms with Gasteiger partial charge in [0.25, 0.3) is 0 Å². The molecule has 1 fully saturated rings. The summed E-state index contributed by atoms with van der Waals surface area (Å²) >= 11 is 0. The Kier molecular flexibility index (Phi) is 9.23. The molecule has 0 radical (unpaired) electrons. The second kappa shape index (κ2) is 10.9. The first kappa shape index (κ1) is 21.2. The van der Waals surface area contributed by atoms with E-state index in [1.807, 2.05) is 6.92 Å². The molecule has 1 unspecified atom stereocenters. The molecular weight excluding hydrogens is 347 g/mol. The van der Waals surface area contributed by atoms with Gasteiger partial charge < -0.3 is 20.9 Å². The van der Waals surface area contributed by atoms with E-state index in [0.717, 1.165) is 25.1 Å². The van der Waals surface area contributed by atoms with Crippen LogP contribution in [-0.2, 0) is 11.3 Å². The Morgan fingerprint density at radius 3 is 2.48 bits per heavy atom. The molecule has 1 aliphatic heterocycles. The molecule has 25 heavy (non-hydrogen) atoms. The maximum absolute atomic E-state index is 12.9. The minimum absolute atomic E-state index is 0. The SMILES string of the molecule is CCCC(NC(=O)NCc1ccc(F)cc1)C(=O)N1CCNCC1.Cl. The van der Waals surface area contributed by atoms with Crippen molar-refractivity contribution in [3.63, 3.8) is 0 Å². The van der Waals surface area contributed by atoms with E-state index < -0.39 is 6.04 Å². The zero-order valence-electron chi connectivity index (χ0n) is 14.4. The van der Waals surface area contributed by atoms with Gasteiger partial charge in [-0.3, -0.25) is 4.79 Å². The smallest absolute Gasteiger partial charge is 0.315 e. The van der Waals surface area contributed by atoms with Gasteiger partial charge in [-0.1, -0.05) is 25.5 Å². The fraction of sp³-hybridized carbons (Fsp3) is 0.529. The average molecular weight is 373 g/mol. The summed E-state index contributed by atoms with van der Waals surface area (Å²) in [6.07, 6.45) is 1.41. The fourth-order valence-electron chi connectivity index (χ4n) is 2.65. The Bertz CT molecular complexity index is 550. The summed E-state index contributed by atoms with van der Waals surface area (Å²) in [6.45, 7) is 5.15. The Labute approximate surface area is 153 Å². The molecule has 3 amide bonds. The largest absolute Gasteiger partial charge is 0.338 e. The molecule has 140 valence electrons. The van der Waals surface area contributed by atoms with Crippen LogP contribution < -0.4 is 16.0 Å². The molecule has 1 saturated heterocycles. The first-order valence-corrected chi connectivity index (χ1v) is 8.38. The molecule has 2 rings (SSSR count). The number of nitrogens with zero attached hydrogens (tertiary/aromatic N) is 1. The van der Waals surface area contributed by atoms with Crippen LogP contribution in [0.4, 0.5) is 9.18 Å². The van der Waals surface area contributed by atoms with Crippen LogP contribution in [0.3, 0.4) is 0 Å². The number of rotatable bonds is 6. The minimum atomic E-state index is -0.513. The van der Waals surface area contributed by atoms with Crippen LogP contribution in [0, 0.1) is 5.82 Å². The van der Waals surface area contributed by atoms with E-state index >= 15 is 0 Å². The highest BCUT2D eigenvalue weighted by Gasteiger charge is 2.26. The summed E-state index contributed by atoms with van der Waals surface area (Å²) in [5.41, 5.74) is 0.798. The zero-order valence-corrected chi connectivity index (χ0v) is 15.2. The Balaban J connectivity index is 0.00000312. The van der Waals surface area contributed by atoms with Crippen molar-refractivity contribution in [2.45, 2.75) is 32.4 Å². The number of carbonyl (C=O) groups excluding carboxylic acids is 2. The molecule has 0 spiro atoms. The van der Waals surface area contributed by atoms with Gasteiger partial charge in [-0.2, -0.15) is 0 Å². The van der Waals surface area contributed by atoms with Crippen molar-refractivity contribution in [2.75, 3.05) is 26.2 Å². The fourth-order valence-corrected chi connectivity index (χ4v) is 2.65. The minimum Gasteiger partial charge on any atom is -0.338 e. The molecular formula is C17H26ClFN4O2. The first-order valence-electron chi connectivity index (χ1n) is 8.38. The Morgan fingerprint density at radius 1 is 1.24 bits per heavy atom. The molecule has 1 atom stereocenters. The van der Waals surface area contributed by atoms with Gasteiger partial charge in [0.15, 0.2) is 0 Å². The highest BCUT2D eigenvalue weighted by molar-refractivity contribution is 5.87. The summed E-state index contributed by atoms with van der Waals surface area (Å²) in [4.78, 5) is 26.4. The molecule has 0 bridgehead atoms. The number of urea groups is 1. The maximum atomic E-state index is 12.9. The van der Waals surface area contributed by atoms with Crippen LogP contribution >= 0.6 is 12.4 Å². The summed E-state index contributed by atoms with van der Waals surface area (Å²) in [6, 6.07) is 5.03. The number of nitrogens with one attached hydrogen (secondary N) is 3. The lowest BCUT2D eigenvalue weighted by atomic mass is 10.1. The summed E-state index contributed by atoms with van der Waals surface area (Å²) in [5, 5.41) is 8.67. The van der Waals surface area contributed by atoms with Crippen molar-refractivity contribution in [1.29, 1.82) is 0 Å². The number of amides is 3. The second-order valence-electron chi connectivity index (χ2n) is 5.87. The predicted molar refractivity (Wildman–Crippen MR) is 97.2 cm³/mol. The second-order valence-corrected chi connectivity index (χ2v) is 5.87. The van der Waals surface area contributed by atoms with E-state index in [-0.39, 0.29) is 36.7 Å². The molecule has 1 aromatic carbocycles. The number of hydrogen-bond donors (Lipinski definition) is 3. The lowest BCUT2D eigenvalue weighted by molar-refractivity contribution is -0.133. The molecule has 3 N–H and O–H groups in total. The van der Waals surface area contributed by atoms with Gasteiger partial charge in [0.2, 0.25) is 5.91 Å². The van der Waals surface area contributed by atoms with E-state index in [9.17, 15) is 14.0 Å². The average Bonchev–Trinajstić information content (AvgIpc) is 2.61. The van der Waals surface area contributed by atoms with E-state index in [1.165, 1.54) is 12.1 Å². The molecule has 0 saturated carbocycles. The molecule has 0 aliphatic carbocycles. The van der Waals surface area contributed by atoms with Gasteiger partial charge in [-0.05, 0) is 24.1 Å². The predicted octanol–water partition coefficient (Wildman–Crippen LogP) is 1.65. The van der Waals surface area contributed by atoms with Crippen LogP contribution in [0.1, 0.15) is 25.3 Å². The summed E-state index contributed by atoms with van der Waals surface area (Å²) in [5.74, 6) is -0.344. The number of carbonyl (C=O) groups is 2. The third kappa shape index (κ3) is 6.88. The van der Waals surface area contributed by atoms with E-state index in [1.54, 1.807) is 17.0 Å². The standard InChI is InChI=1S/C17H25FN4O2.ClH/c1-2-3-15(16(23)22-10-8-19-9-11-22)21-17(24)20-12-13-4-6-14(18)7-5-13;/h4-7,15,19H,2-3,8-12H2,1H3,(H2,20,21,24);1H. The third-order valence-electron chi connectivity index (χ3n) is 3.98. The lowest BCUT2D eigenvalue weighted by Gasteiger charge is -2.31.